The van der Waals surface area contributed by atoms with Crippen LogP contribution in [0.15, 0.2) is 24.3 Å². The average molecular weight is 290 g/mol. The Bertz CT molecular complexity index is 475. The van der Waals surface area contributed by atoms with Crippen molar-refractivity contribution in [2.75, 3.05) is 32.0 Å². The fourth-order valence-corrected chi connectivity index (χ4v) is 2.75. The summed E-state index contributed by atoms with van der Waals surface area (Å²) < 4.78 is 0. The van der Waals surface area contributed by atoms with Gasteiger partial charge >= 0.3 is 6.03 Å². The molecule has 2 atom stereocenters. The number of anilines is 1. The molecule has 1 aromatic rings. The van der Waals surface area contributed by atoms with Crippen molar-refractivity contribution in [3.05, 3.63) is 29.8 Å². The van der Waals surface area contributed by atoms with Crippen molar-refractivity contribution in [2.24, 2.45) is 11.7 Å². The molecule has 1 aliphatic heterocycles. The fourth-order valence-electron chi connectivity index (χ4n) is 2.75. The van der Waals surface area contributed by atoms with Crippen LogP contribution in [0.5, 0.6) is 0 Å². The molecule has 2 amide bonds. The largest absolute Gasteiger partial charge is 0.338 e. The molecule has 1 fully saturated rings. The van der Waals surface area contributed by atoms with Gasteiger partial charge in [0.2, 0.25) is 0 Å². The normalized spacial score (nSPS) is 20.8. The highest BCUT2D eigenvalue weighted by atomic mass is 16.2. The number of hydrogen-bond acceptors (Lipinski definition) is 3. The van der Waals surface area contributed by atoms with Crippen molar-refractivity contribution in [2.45, 2.75) is 25.8 Å². The molecule has 5 nitrogen and oxygen atoms in total. The lowest BCUT2D eigenvalue weighted by Gasteiger charge is -2.29. The molecule has 0 aromatic heterocycles. The van der Waals surface area contributed by atoms with E-state index in [-0.39, 0.29) is 12.1 Å². The minimum absolute atomic E-state index is 0.0346. The van der Waals surface area contributed by atoms with Gasteiger partial charge in [0.1, 0.15) is 0 Å². The predicted molar refractivity (Wildman–Crippen MR) is 86.3 cm³/mol. The molecule has 4 N–H and O–H groups in total. The lowest BCUT2D eigenvalue weighted by Crippen LogP contribution is -2.40. The van der Waals surface area contributed by atoms with Gasteiger partial charge in [-0.05, 0) is 57.0 Å². The topological polar surface area (TPSA) is 70.4 Å². The van der Waals surface area contributed by atoms with E-state index in [4.69, 9.17) is 5.73 Å². The van der Waals surface area contributed by atoms with Crippen LogP contribution in [0.1, 0.15) is 31.4 Å². The Labute approximate surface area is 126 Å². The number of carbonyl (C=O) groups is 1. The van der Waals surface area contributed by atoms with Crippen LogP contribution in [0.4, 0.5) is 10.5 Å². The number of nitrogens with two attached hydrogens (primary N) is 1. The molecule has 1 heterocycles. The summed E-state index contributed by atoms with van der Waals surface area (Å²) in [6.07, 6.45) is 2.39. The van der Waals surface area contributed by atoms with Crippen molar-refractivity contribution in [3.63, 3.8) is 0 Å². The zero-order valence-corrected chi connectivity index (χ0v) is 12.9. The van der Waals surface area contributed by atoms with Crippen LogP contribution in [0.2, 0.25) is 0 Å². The number of likely N-dealkylation sites (tertiary alicyclic amines) is 1. The zero-order chi connectivity index (χ0) is 15.2. The van der Waals surface area contributed by atoms with Crippen LogP contribution in [0.25, 0.3) is 0 Å². The van der Waals surface area contributed by atoms with Crippen LogP contribution in [0.3, 0.4) is 0 Å². The molecule has 116 valence electrons. The van der Waals surface area contributed by atoms with Crippen molar-refractivity contribution in [1.82, 2.24) is 10.2 Å². The lowest BCUT2D eigenvalue weighted by atomic mass is 9.99. The van der Waals surface area contributed by atoms with E-state index in [0.717, 1.165) is 30.9 Å². The molecular weight excluding hydrogens is 264 g/mol. The Hall–Kier alpha value is -1.59. The van der Waals surface area contributed by atoms with Gasteiger partial charge in [0.25, 0.3) is 0 Å². The molecule has 0 bridgehead atoms. The highest BCUT2D eigenvalue weighted by molar-refractivity contribution is 5.89. The quantitative estimate of drug-likeness (QED) is 0.796. The molecular formula is C16H26N4O. The van der Waals surface area contributed by atoms with Crippen LogP contribution >= 0.6 is 0 Å². The van der Waals surface area contributed by atoms with Gasteiger partial charge in [0.05, 0.1) is 0 Å². The van der Waals surface area contributed by atoms with E-state index >= 15 is 0 Å². The van der Waals surface area contributed by atoms with Crippen molar-refractivity contribution in [3.8, 4) is 0 Å². The summed E-state index contributed by atoms with van der Waals surface area (Å²) in [5.41, 5.74) is 7.65. The Morgan fingerprint density at radius 2 is 2.33 bits per heavy atom. The van der Waals surface area contributed by atoms with E-state index in [0.29, 0.717) is 5.92 Å². The fraction of sp³-hybridized carbons (Fsp3) is 0.562. The number of nitrogens with one attached hydrogen (secondary N) is 2. The predicted octanol–water partition coefficient (Wildman–Crippen LogP) is 2.17. The number of amides is 2. The highest BCUT2D eigenvalue weighted by Gasteiger charge is 2.17. The first-order valence-corrected chi connectivity index (χ1v) is 7.63. The standard InChI is InChI=1S/C16H26N4O/c1-12(17)14-6-3-7-15(9-14)19-16(21)18-10-13-5-4-8-20(2)11-13/h3,6-7,9,12-13H,4-5,8,10-11,17H2,1-2H3,(H2,18,19,21). The maximum Gasteiger partial charge on any atom is 0.319 e. The Morgan fingerprint density at radius 1 is 1.52 bits per heavy atom. The second-order valence-corrected chi connectivity index (χ2v) is 6.02. The van der Waals surface area contributed by atoms with Gasteiger partial charge in [-0.15, -0.1) is 0 Å². The van der Waals surface area contributed by atoms with E-state index in [2.05, 4.69) is 22.6 Å². The third-order valence-electron chi connectivity index (χ3n) is 3.94. The summed E-state index contributed by atoms with van der Waals surface area (Å²) in [4.78, 5) is 14.3. The number of benzene rings is 1. The lowest BCUT2D eigenvalue weighted by molar-refractivity contribution is 0.204. The van der Waals surface area contributed by atoms with Gasteiger partial charge in [0, 0.05) is 24.8 Å². The molecule has 2 rings (SSSR count). The minimum Gasteiger partial charge on any atom is -0.338 e. The van der Waals surface area contributed by atoms with Gasteiger partial charge in [-0.3, -0.25) is 0 Å². The molecule has 5 heteroatoms. The average Bonchev–Trinajstić information content (AvgIpc) is 2.45. The van der Waals surface area contributed by atoms with Crippen LogP contribution in [-0.2, 0) is 0 Å². The SMILES string of the molecule is CC(N)c1cccc(NC(=O)NCC2CCCN(C)C2)c1. The third kappa shape index (κ3) is 5.02. The van der Waals surface area contributed by atoms with Gasteiger partial charge < -0.3 is 21.3 Å². The van der Waals surface area contributed by atoms with E-state index in [9.17, 15) is 4.79 Å². The summed E-state index contributed by atoms with van der Waals surface area (Å²) in [6, 6.07) is 7.48. The number of piperidine rings is 1. The number of urea groups is 1. The molecule has 1 saturated heterocycles. The van der Waals surface area contributed by atoms with Crippen LogP contribution in [-0.4, -0.2) is 37.6 Å². The Balaban J connectivity index is 1.80. The molecule has 1 aliphatic rings. The Morgan fingerprint density at radius 3 is 3.05 bits per heavy atom. The molecule has 0 saturated carbocycles. The smallest absolute Gasteiger partial charge is 0.319 e. The summed E-state index contributed by atoms with van der Waals surface area (Å²) in [7, 11) is 2.13. The van der Waals surface area contributed by atoms with Gasteiger partial charge in [-0.2, -0.15) is 0 Å². The summed E-state index contributed by atoms with van der Waals surface area (Å²) >= 11 is 0. The maximum atomic E-state index is 12.0. The molecule has 2 unspecified atom stereocenters. The van der Waals surface area contributed by atoms with Crippen LogP contribution in [0, 0.1) is 5.92 Å². The van der Waals surface area contributed by atoms with E-state index in [1.165, 1.54) is 12.8 Å². The monoisotopic (exact) mass is 290 g/mol. The Kier molecular flexibility index (Phi) is 5.59. The summed E-state index contributed by atoms with van der Waals surface area (Å²) in [5.74, 6) is 0.546. The minimum atomic E-state index is -0.148. The molecule has 0 aliphatic carbocycles. The zero-order valence-electron chi connectivity index (χ0n) is 12.9. The molecule has 1 aromatic carbocycles. The first-order valence-electron chi connectivity index (χ1n) is 7.63. The van der Waals surface area contributed by atoms with E-state index in [1.54, 1.807) is 0 Å². The molecule has 0 spiro atoms. The van der Waals surface area contributed by atoms with Gasteiger partial charge in [-0.1, -0.05) is 12.1 Å². The van der Waals surface area contributed by atoms with Gasteiger partial charge in [0.15, 0.2) is 0 Å². The number of hydrogen-bond donors (Lipinski definition) is 3. The maximum absolute atomic E-state index is 12.0. The van der Waals surface area contributed by atoms with Crippen molar-refractivity contribution in [1.29, 1.82) is 0 Å². The molecule has 21 heavy (non-hydrogen) atoms. The number of nitrogens with zero attached hydrogens (tertiary/aromatic N) is 1. The number of rotatable bonds is 4. The highest BCUT2D eigenvalue weighted by Crippen LogP contribution is 2.16. The van der Waals surface area contributed by atoms with Crippen LogP contribution < -0.4 is 16.4 Å². The van der Waals surface area contributed by atoms with Gasteiger partial charge in [-0.25, -0.2) is 4.79 Å². The second kappa shape index (κ2) is 7.43. The first kappa shape index (κ1) is 15.8. The van der Waals surface area contributed by atoms with E-state index in [1.807, 2.05) is 31.2 Å². The first-order chi connectivity index (χ1) is 10.0. The van der Waals surface area contributed by atoms with Crippen molar-refractivity contribution < 1.29 is 4.79 Å². The number of carbonyl (C=O) groups excluding carboxylic acids is 1. The van der Waals surface area contributed by atoms with E-state index < -0.39 is 0 Å². The van der Waals surface area contributed by atoms with Crippen molar-refractivity contribution >= 4 is 11.7 Å². The third-order valence-corrected chi connectivity index (χ3v) is 3.94. The summed E-state index contributed by atoms with van der Waals surface area (Å²) in [6.45, 7) is 4.87. The summed E-state index contributed by atoms with van der Waals surface area (Å²) in [5, 5.41) is 5.83. The molecule has 0 radical (unpaired) electrons. The second-order valence-electron chi connectivity index (χ2n) is 6.02.